The largest absolute Gasteiger partial charge is 0.356 e. The van der Waals surface area contributed by atoms with Crippen LogP contribution >= 0.6 is 0 Å². The minimum absolute atomic E-state index is 0.0858. The van der Waals surface area contributed by atoms with Gasteiger partial charge < -0.3 is 10.6 Å². The van der Waals surface area contributed by atoms with Gasteiger partial charge in [-0.05, 0) is 19.3 Å². The summed E-state index contributed by atoms with van der Waals surface area (Å²) in [5, 5.41) is 6.51. The Morgan fingerprint density at radius 3 is 2.26 bits per heavy atom. The Balaban J connectivity index is 4.12. The summed E-state index contributed by atoms with van der Waals surface area (Å²) in [4.78, 5) is 4.16. The summed E-state index contributed by atoms with van der Waals surface area (Å²) in [6.45, 7) is 7.22. The smallest absolute Gasteiger partial charge is 0.191 e. The van der Waals surface area contributed by atoms with Crippen LogP contribution in [-0.4, -0.2) is 46.0 Å². The molecule has 0 rings (SSSR count). The van der Waals surface area contributed by atoms with E-state index in [1.165, 1.54) is 6.26 Å². The zero-order chi connectivity index (χ0) is 14.9. The fraction of sp³-hybridized carbons (Fsp3) is 0.923. The van der Waals surface area contributed by atoms with Crippen molar-refractivity contribution < 1.29 is 8.42 Å². The number of hydrogen-bond donors (Lipinski definition) is 2. The molecule has 0 saturated heterocycles. The summed E-state index contributed by atoms with van der Waals surface area (Å²) in [5.74, 6) is 1.59. The zero-order valence-electron chi connectivity index (χ0n) is 12.9. The van der Waals surface area contributed by atoms with E-state index in [0.717, 1.165) is 25.3 Å². The summed E-state index contributed by atoms with van der Waals surface area (Å²) < 4.78 is 22.2. The molecule has 0 amide bonds. The average molecular weight is 291 g/mol. The van der Waals surface area contributed by atoms with Crippen molar-refractivity contribution in [3.63, 3.8) is 0 Å². The van der Waals surface area contributed by atoms with Crippen molar-refractivity contribution in [2.24, 2.45) is 10.9 Å². The van der Waals surface area contributed by atoms with Gasteiger partial charge in [-0.3, -0.25) is 4.99 Å². The molecule has 5 nitrogen and oxygen atoms in total. The second-order valence-electron chi connectivity index (χ2n) is 5.10. The van der Waals surface area contributed by atoms with Crippen LogP contribution in [0.2, 0.25) is 0 Å². The second-order valence-corrected chi connectivity index (χ2v) is 7.36. The third kappa shape index (κ3) is 9.76. The molecule has 0 saturated carbocycles. The fourth-order valence-corrected chi connectivity index (χ4v) is 2.49. The highest BCUT2D eigenvalue weighted by molar-refractivity contribution is 7.90. The topological polar surface area (TPSA) is 70.6 Å². The number of hydrogen-bond acceptors (Lipinski definition) is 3. The van der Waals surface area contributed by atoms with Crippen molar-refractivity contribution >= 4 is 15.8 Å². The van der Waals surface area contributed by atoms with E-state index < -0.39 is 9.84 Å². The molecule has 0 aliphatic carbocycles. The van der Waals surface area contributed by atoms with Gasteiger partial charge in [-0.15, -0.1) is 0 Å². The van der Waals surface area contributed by atoms with E-state index in [1.807, 2.05) is 6.92 Å². The molecule has 6 heteroatoms. The second kappa shape index (κ2) is 9.18. The Hall–Kier alpha value is -0.780. The van der Waals surface area contributed by atoms with Gasteiger partial charge in [-0.2, -0.15) is 0 Å². The SMILES string of the molecule is CCC(CC)CNC(=NC)NC(C)CCS(C)(=O)=O. The lowest BCUT2D eigenvalue weighted by molar-refractivity contribution is 0.478. The lowest BCUT2D eigenvalue weighted by Crippen LogP contribution is -2.44. The van der Waals surface area contributed by atoms with Gasteiger partial charge in [0, 0.05) is 25.9 Å². The van der Waals surface area contributed by atoms with E-state index in [9.17, 15) is 8.42 Å². The van der Waals surface area contributed by atoms with E-state index >= 15 is 0 Å². The van der Waals surface area contributed by atoms with Crippen LogP contribution in [-0.2, 0) is 9.84 Å². The van der Waals surface area contributed by atoms with E-state index in [2.05, 4.69) is 29.5 Å². The number of rotatable bonds is 8. The molecule has 0 aromatic heterocycles. The molecule has 0 heterocycles. The quantitative estimate of drug-likeness (QED) is 0.524. The highest BCUT2D eigenvalue weighted by Gasteiger charge is 2.10. The van der Waals surface area contributed by atoms with Crippen molar-refractivity contribution in [2.45, 2.75) is 46.1 Å². The highest BCUT2D eigenvalue weighted by Crippen LogP contribution is 2.05. The molecular formula is C13H29N3O2S. The van der Waals surface area contributed by atoms with Crippen LogP contribution in [0.4, 0.5) is 0 Å². The van der Waals surface area contributed by atoms with E-state index in [4.69, 9.17) is 0 Å². The molecule has 0 aliphatic heterocycles. The van der Waals surface area contributed by atoms with Crippen molar-refractivity contribution in [2.75, 3.05) is 25.6 Å². The molecule has 0 fully saturated rings. The maximum atomic E-state index is 11.1. The van der Waals surface area contributed by atoms with Gasteiger partial charge in [0.05, 0.1) is 5.75 Å². The first-order chi connectivity index (χ1) is 8.82. The van der Waals surface area contributed by atoms with Gasteiger partial charge in [0.15, 0.2) is 5.96 Å². The number of aliphatic imine (C=N–C) groups is 1. The summed E-state index contributed by atoms with van der Waals surface area (Å²) in [5.41, 5.74) is 0. The van der Waals surface area contributed by atoms with Crippen LogP contribution in [0.15, 0.2) is 4.99 Å². The number of nitrogens with one attached hydrogen (secondary N) is 2. The minimum Gasteiger partial charge on any atom is -0.356 e. The third-order valence-electron chi connectivity index (χ3n) is 3.24. The van der Waals surface area contributed by atoms with Crippen LogP contribution < -0.4 is 10.6 Å². The summed E-state index contributed by atoms with van der Waals surface area (Å²) in [6, 6.07) is 0.0858. The maximum absolute atomic E-state index is 11.1. The van der Waals surface area contributed by atoms with E-state index in [1.54, 1.807) is 7.05 Å². The first kappa shape index (κ1) is 18.2. The lowest BCUT2D eigenvalue weighted by Gasteiger charge is -2.20. The maximum Gasteiger partial charge on any atom is 0.191 e. The van der Waals surface area contributed by atoms with Crippen LogP contribution in [0.5, 0.6) is 0 Å². The van der Waals surface area contributed by atoms with Gasteiger partial charge >= 0.3 is 0 Å². The molecule has 19 heavy (non-hydrogen) atoms. The minimum atomic E-state index is -2.90. The molecular weight excluding hydrogens is 262 g/mol. The molecule has 0 spiro atoms. The molecule has 1 atom stereocenters. The first-order valence-corrected chi connectivity index (χ1v) is 9.03. The van der Waals surface area contributed by atoms with Crippen molar-refractivity contribution in [1.82, 2.24) is 10.6 Å². The molecule has 0 aromatic rings. The predicted molar refractivity (Wildman–Crippen MR) is 82.4 cm³/mol. The third-order valence-corrected chi connectivity index (χ3v) is 4.22. The summed E-state index contributed by atoms with van der Waals surface area (Å²) in [6.07, 6.45) is 4.14. The lowest BCUT2D eigenvalue weighted by atomic mass is 10.0. The molecule has 114 valence electrons. The molecule has 2 N–H and O–H groups in total. The van der Waals surface area contributed by atoms with Gasteiger partial charge in [-0.25, -0.2) is 8.42 Å². The Kier molecular flexibility index (Phi) is 8.80. The van der Waals surface area contributed by atoms with Crippen molar-refractivity contribution in [3.8, 4) is 0 Å². The number of nitrogens with zero attached hydrogens (tertiary/aromatic N) is 1. The Morgan fingerprint density at radius 1 is 1.26 bits per heavy atom. The number of sulfone groups is 1. The standard InChI is InChI=1S/C13H29N3O2S/c1-6-12(7-2)10-15-13(14-4)16-11(3)8-9-19(5,17)18/h11-12H,6-10H2,1-5H3,(H2,14,15,16). The first-order valence-electron chi connectivity index (χ1n) is 6.97. The Bertz CT molecular complexity index is 362. The average Bonchev–Trinajstić information content (AvgIpc) is 2.35. The van der Waals surface area contributed by atoms with Gasteiger partial charge in [0.25, 0.3) is 0 Å². The summed E-state index contributed by atoms with van der Waals surface area (Å²) in [7, 11) is -1.17. The normalized spacial score (nSPS) is 14.5. The number of guanidine groups is 1. The van der Waals surface area contributed by atoms with Crippen LogP contribution in [0, 0.1) is 5.92 Å². The van der Waals surface area contributed by atoms with Gasteiger partial charge in [0.2, 0.25) is 0 Å². The van der Waals surface area contributed by atoms with Crippen molar-refractivity contribution in [3.05, 3.63) is 0 Å². The van der Waals surface area contributed by atoms with Gasteiger partial charge in [-0.1, -0.05) is 26.7 Å². The Labute approximate surface area is 118 Å². The van der Waals surface area contributed by atoms with Crippen LogP contribution in [0.3, 0.4) is 0 Å². The van der Waals surface area contributed by atoms with Crippen LogP contribution in [0.1, 0.15) is 40.0 Å². The molecule has 0 radical (unpaired) electrons. The monoisotopic (exact) mass is 291 g/mol. The molecule has 0 aliphatic rings. The molecule has 0 bridgehead atoms. The molecule has 0 aromatic carbocycles. The fourth-order valence-electron chi connectivity index (χ4n) is 1.71. The van der Waals surface area contributed by atoms with Crippen LogP contribution in [0.25, 0.3) is 0 Å². The van der Waals surface area contributed by atoms with Gasteiger partial charge in [0.1, 0.15) is 9.84 Å². The predicted octanol–water partition coefficient (Wildman–Crippen LogP) is 1.41. The van der Waals surface area contributed by atoms with E-state index in [0.29, 0.717) is 12.3 Å². The Morgan fingerprint density at radius 2 is 1.84 bits per heavy atom. The zero-order valence-corrected chi connectivity index (χ0v) is 13.7. The molecule has 1 unspecified atom stereocenters. The van der Waals surface area contributed by atoms with E-state index in [-0.39, 0.29) is 11.8 Å². The summed E-state index contributed by atoms with van der Waals surface area (Å²) >= 11 is 0. The van der Waals surface area contributed by atoms with Crippen molar-refractivity contribution in [1.29, 1.82) is 0 Å². The highest BCUT2D eigenvalue weighted by atomic mass is 32.2.